The Morgan fingerprint density at radius 1 is 0.616 bits per heavy atom. The van der Waals surface area contributed by atoms with E-state index < -0.39 is 126 Å². The average Bonchev–Trinajstić information content (AvgIpc) is 2.86. The number of carbonyl (C=O) groups excluding carboxylic acids is 11. The summed E-state index contributed by atoms with van der Waals surface area (Å²) in [4.78, 5) is 156. The van der Waals surface area contributed by atoms with Gasteiger partial charge in [0.2, 0.25) is 53.2 Å². The second-order valence-electron chi connectivity index (χ2n) is 21.0. The molecule has 29 nitrogen and oxygen atoms in total. The number of hydrogen-bond acceptors (Lipinski definition) is 14. The largest absolute Gasteiger partial charge is 0.508 e. The summed E-state index contributed by atoms with van der Waals surface area (Å²) in [5.41, 5.74) is 24.0. The van der Waals surface area contributed by atoms with E-state index in [4.69, 9.17) is 17.2 Å². The zero-order valence-corrected chi connectivity index (χ0v) is 49.0. The summed E-state index contributed by atoms with van der Waals surface area (Å²) < 4.78 is 0. The van der Waals surface area contributed by atoms with Gasteiger partial charge < -0.3 is 79.8 Å². The van der Waals surface area contributed by atoms with Crippen molar-refractivity contribution < 1.29 is 63.0 Å². The topological polar surface area (TPSA) is 458 Å². The maximum Gasteiger partial charge on any atom is 0.334 e. The summed E-state index contributed by atoms with van der Waals surface area (Å²) in [6, 6.07) is 8.90. The number of guanidine groups is 1. The zero-order chi connectivity index (χ0) is 63.8. The summed E-state index contributed by atoms with van der Waals surface area (Å²) in [6.07, 6.45) is -0.721. The number of likely N-dealkylation sites (N-methyl/N-ethyl adjacent to an activating group) is 1. The number of aliphatic hydroxyl groups excluding tert-OH is 1. The van der Waals surface area contributed by atoms with Crippen molar-refractivity contribution in [3.63, 3.8) is 0 Å². The number of phenols is 1. The molecule has 86 heavy (non-hydrogen) atoms. The Hall–Kier alpha value is -9.80. The van der Waals surface area contributed by atoms with Crippen LogP contribution in [0.3, 0.4) is 0 Å². The number of hydrazine groups is 1. The van der Waals surface area contributed by atoms with E-state index in [0.717, 1.165) is 22.7 Å². The minimum Gasteiger partial charge on any atom is -0.508 e. The maximum atomic E-state index is 14.1. The molecular weight excluding hydrogens is 1120 g/mol. The fourth-order valence-corrected chi connectivity index (χ4v) is 8.87. The number of nitrogens with one attached hydrogen (secondary N) is 11. The first-order valence-electron chi connectivity index (χ1n) is 27.7. The number of H-pyrrole nitrogens is 1. The monoisotopic (exact) mass is 1200 g/mol. The van der Waals surface area contributed by atoms with Crippen LogP contribution in [0.2, 0.25) is 0 Å². The average molecular weight is 1200 g/mol. The second-order valence-corrected chi connectivity index (χ2v) is 21.0. The first-order valence-corrected chi connectivity index (χ1v) is 27.7. The number of aromatic hydroxyl groups is 1. The van der Waals surface area contributed by atoms with Gasteiger partial charge in [0.25, 0.3) is 5.91 Å². The van der Waals surface area contributed by atoms with Crippen LogP contribution in [0.5, 0.6) is 5.75 Å². The Morgan fingerprint density at radius 3 is 1.81 bits per heavy atom. The molecule has 12 amide bonds. The third-order valence-corrected chi connectivity index (χ3v) is 13.6. The summed E-state index contributed by atoms with van der Waals surface area (Å²) >= 11 is 0. The Kier molecular flexibility index (Phi) is 26.7. The lowest BCUT2D eigenvalue weighted by molar-refractivity contribution is -0.142. The van der Waals surface area contributed by atoms with Gasteiger partial charge in [-0.3, -0.25) is 58.4 Å². The van der Waals surface area contributed by atoms with Crippen molar-refractivity contribution in [2.75, 3.05) is 20.6 Å². The highest BCUT2D eigenvalue weighted by molar-refractivity contribution is 5.99. The number of benzene rings is 3. The molecule has 1 heterocycles. The summed E-state index contributed by atoms with van der Waals surface area (Å²) in [5, 5.41) is 41.7. The lowest BCUT2D eigenvalue weighted by Crippen LogP contribution is -2.62. The number of rotatable bonds is 31. The number of carbonyl (C=O) groups is 11. The molecule has 0 spiro atoms. The molecule has 466 valence electrons. The van der Waals surface area contributed by atoms with E-state index in [1.807, 2.05) is 24.3 Å². The first-order chi connectivity index (χ1) is 40.7. The van der Waals surface area contributed by atoms with E-state index in [-0.39, 0.29) is 62.7 Å². The van der Waals surface area contributed by atoms with Crippen LogP contribution in [-0.2, 0) is 67.2 Å². The molecule has 4 rings (SSSR count). The van der Waals surface area contributed by atoms with Crippen molar-refractivity contribution in [2.45, 2.75) is 134 Å². The minimum absolute atomic E-state index is 0.0181. The Morgan fingerprint density at radius 2 is 1.20 bits per heavy atom. The highest BCUT2D eigenvalue weighted by Crippen LogP contribution is 2.20. The van der Waals surface area contributed by atoms with Crippen molar-refractivity contribution in [2.24, 2.45) is 28.1 Å². The van der Waals surface area contributed by atoms with Crippen molar-refractivity contribution in [3.05, 3.63) is 102 Å². The van der Waals surface area contributed by atoms with E-state index in [0.29, 0.717) is 16.7 Å². The number of phenolic OH excluding ortho intramolecular Hbond substituents is 1. The number of aromatic amines is 1. The molecule has 0 unspecified atom stereocenters. The molecule has 0 saturated heterocycles. The third kappa shape index (κ3) is 22.1. The summed E-state index contributed by atoms with van der Waals surface area (Å²) in [6.45, 7) is 7.42. The molecule has 0 fully saturated rings. The highest BCUT2D eigenvalue weighted by Gasteiger charge is 2.36. The molecular formula is C57H80N16O13. The van der Waals surface area contributed by atoms with Crippen LogP contribution in [-0.4, -0.2) is 166 Å². The van der Waals surface area contributed by atoms with Crippen LogP contribution < -0.4 is 70.6 Å². The van der Waals surface area contributed by atoms with Crippen molar-refractivity contribution in [1.82, 2.24) is 63.3 Å². The molecule has 0 bridgehead atoms. The van der Waals surface area contributed by atoms with E-state index in [9.17, 15) is 63.0 Å². The van der Waals surface area contributed by atoms with Gasteiger partial charge in [-0.05, 0) is 73.9 Å². The Labute approximate surface area is 496 Å². The van der Waals surface area contributed by atoms with Crippen molar-refractivity contribution in [3.8, 4) is 5.75 Å². The van der Waals surface area contributed by atoms with Crippen LogP contribution in [0.1, 0.15) is 77.0 Å². The normalized spacial score (nSPS) is 14.4. The number of nitrogens with two attached hydrogens (primary N) is 3. The standard InChI is InChI=1S/C57H80N16O13/c1-30(2)24-42(51(81)65-40(18-13-23-62-56(60)61-6)50(80)66-41(48(59)78)27-36-29-63-39-17-12-11-16-38(36)39)69-57(86)72-71-53(83)43(25-34-14-9-8-10-15-34)68-54(84)47(32(4)74)70-52(82)44(28-46(58)77)67-49(79)31(3)73(7)55(85)45(64-33(5)75)26-35-19-21-37(76)22-20-35/h8-12,14-17,19-22,29-32,40-45,47,63,74,76H,13,18,23-28H2,1-7H3,(H2,58,77)(H2,59,78)(H,64,75)(H,65,81)(H,66,80)(H,67,79)(H,68,84)(H,70,82)(H,71,83)(H3,60,61,62)(H2,69,72,86)/t31-,32-,40+,41+,42+,43+,44+,45-,47+/m1/s1. The number of hydrogen-bond donors (Lipinski definition) is 16. The number of nitrogens with zero attached hydrogens (tertiary/aromatic N) is 2. The lowest BCUT2D eigenvalue weighted by atomic mass is 10.0. The number of primary amides is 2. The number of aromatic nitrogens is 1. The fourth-order valence-electron chi connectivity index (χ4n) is 8.87. The van der Waals surface area contributed by atoms with Crippen LogP contribution >= 0.6 is 0 Å². The zero-order valence-electron chi connectivity index (χ0n) is 49.0. The molecule has 0 saturated carbocycles. The molecule has 4 aromatic rings. The van der Waals surface area contributed by atoms with Crippen LogP contribution in [0.15, 0.2) is 90.1 Å². The van der Waals surface area contributed by atoms with Gasteiger partial charge in [-0.15, -0.1) is 0 Å². The molecule has 29 heteroatoms. The molecule has 0 aliphatic rings. The highest BCUT2D eigenvalue weighted by atomic mass is 16.3. The van der Waals surface area contributed by atoms with Gasteiger partial charge in [0.15, 0.2) is 5.96 Å². The number of amides is 12. The smallest absolute Gasteiger partial charge is 0.334 e. The number of aliphatic imine (C=N–C) groups is 1. The second kappa shape index (κ2) is 33.5. The van der Waals surface area contributed by atoms with E-state index in [2.05, 4.69) is 63.4 Å². The van der Waals surface area contributed by atoms with Crippen molar-refractivity contribution >= 4 is 82.0 Å². The van der Waals surface area contributed by atoms with Gasteiger partial charge in [-0.1, -0.05) is 74.5 Å². The van der Waals surface area contributed by atoms with Crippen molar-refractivity contribution in [1.29, 1.82) is 0 Å². The molecule has 0 radical (unpaired) electrons. The number of urea groups is 1. The Bertz CT molecular complexity index is 3050. The van der Waals surface area contributed by atoms with Crippen LogP contribution in [0, 0.1) is 5.92 Å². The van der Waals surface area contributed by atoms with E-state index in [1.165, 1.54) is 40.1 Å². The minimum atomic E-state index is -1.86. The number of fused-ring (bicyclic) bond motifs is 1. The molecule has 3 aromatic carbocycles. The molecule has 1 aromatic heterocycles. The number of aliphatic hydroxyl groups is 1. The van der Waals surface area contributed by atoms with E-state index >= 15 is 0 Å². The quantitative estimate of drug-likeness (QED) is 0.0107. The number of para-hydroxylation sites is 1. The summed E-state index contributed by atoms with van der Waals surface area (Å²) in [5.74, 6) is -9.15. The van der Waals surface area contributed by atoms with Gasteiger partial charge in [-0.25, -0.2) is 10.2 Å². The Balaban J connectivity index is 1.47. The van der Waals surface area contributed by atoms with Gasteiger partial charge in [0, 0.05) is 63.9 Å². The molecule has 9 atom stereocenters. The summed E-state index contributed by atoms with van der Waals surface area (Å²) in [7, 11) is 2.75. The van der Waals surface area contributed by atoms with E-state index in [1.54, 1.807) is 62.5 Å². The lowest BCUT2D eigenvalue weighted by Gasteiger charge is -2.30. The predicted molar refractivity (Wildman–Crippen MR) is 316 cm³/mol. The molecule has 0 aliphatic carbocycles. The van der Waals surface area contributed by atoms with Gasteiger partial charge in [-0.2, -0.15) is 0 Å². The maximum absolute atomic E-state index is 14.1. The SMILES string of the molecule is CN=C(N)NCCC[C@H](NC(=O)[C@H](CC(C)C)NC(=O)NNC(=O)[C@H](Cc1ccccc1)NC(=O)[C@@H](NC(=O)[C@H](CC(N)=O)NC(=O)[C@@H](C)N(C)C(=O)[C@@H](Cc1ccc(O)cc1)NC(C)=O)[C@@H](C)O)C(=O)N[C@@H](Cc1c[nH]c2ccccc12)C(N)=O. The third-order valence-electron chi connectivity index (χ3n) is 13.6. The first kappa shape index (κ1) is 68.7. The van der Waals surface area contributed by atoms with Crippen LogP contribution in [0.4, 0.5) is 4.79 Å². The fraction of sp³-hybridized carbons (Fsp3) is 0.439. The van der Waals surface area contributed by atoms with Gasteiger partial charge >= 0.3 is 6.03 Å². The van der Waals surface area contributed by atoms with Crippen LogP contribution in [0.25, 0.3) is 10.9 Å². The van der Waals surface area contributed by atoms with Gasteiger partial charge in [0.05, 0.1) is 12.5 Å². The molecule has 0 aliphatic heterocycles. The molecule has 19 N–H and O–H groups in total. The van der Waals surface area contributed by atoms with Gasteiger partial charge in [0.1, 0.15) is 54.1 Å². The predicted octanol–water partition coefficient (Wildman–Crippen LogP) is -2.52.